The molecule has 0 radical (unpaired) electrons. The zero-order chi connectivity index (χ0) is 14.0. The molecule has 0 saturated heterocycles. The van der Waals surface area contributed by atoms with Gasteiger partial charge in [0.15, 0.2) is 5.66 Å². The molecule has 0 amide bonds. The van der Waals surface area contributed by atoms with Gasteiger partial charge in [-0.2, -0.15) is 0 Å². The molecular weight excluding hydrogens is 255 g/mol. The van der Waals surface area contributed by atoms with E-state index in [2.05, 4.69) is 0 Å². The molecule has 0 aromatic carbocycles. The van der Waals surface area contributed by atoms with E-state index >= 15 is 0 Å². The first kappa shape index (κ1) is 17.4. The number of carbonyl (C=O) groups is 1. The summed E-state index contributed by atoms with van der Waals surface area (Å²) in [5.41, 5.74) is -0.895. The first-order valence-corrected chi connectivity index (χ1v) is 7.83. The van der Waals surface area contributed by atoms with Crippen LogP contribution in [0.3, 0.4) is 0 Å². The van der Waals surface area contributed by atoms with Gasteiger partial charge in [-0.25, -0.2) is 0 Å². The third-order valence-electron chi connectivity index (χ3n) is 2.15. The second kappa shape index (κ2) is 9.31. The highest BCUT2D eigenvalue weighted by molar-refractivity contribution is 7.55. The molecule has 0 rings (SSSR count). The maximum absolute atomic E-state index is 12.6. The largest absolute Gasteiger partial charge is 0.465 e. The number of esters is 1. The summed E-state index contributed by atoms with van der Waals surface area (Å²) in [6.07, 6.45) is 3.83. The number of rotatable bonds is 9. The van der Waals surface area contributed by atoms with E-state index in [1.807, 2.05) is 6.92 Å². The number of hydrogen-bond acceptors (Lipinski definition) is 5. The lowest BCUT2D eigenvalue weighted by molar-refractivity contribution is -0.143. The monoisotopic (exact) mass is 278 g/mol. The predicted octanol–water partition coefficient (Wildman–Crippen LogP) is 3.15. The van der Waals surface area contributed by atoms with Gasteiger partial charge in [0.05, 0.1) is 19.8 Å². The summed E-state index contributed by atoms with van der Waals surface area (Å²) in [4.78, 5) is 11.9. The molecule has 0 spiro atoms. The molecule has 0 aromatic heterocycles. The Hall–Kier alpha value is -0.640. The van der Waals surface area contributed by atoms with Crippen LogP contribution in [-0.4, -0.2) is 31.4 Å². The maximum atomic E-state index is 12.6. The summed E-state index contributed by atoms with van der Waals surface area (Å²) in [7, 11) is -3.47. The van der Waals surface area contributed by atoms with Crippen molar-refractivity contribution < 1.29 is 23.1 Å². The van der Waals surface area contributed by atoms with Gasteiger partial charge in [-0.15, -0.1) is 0 Å². The lowest BCUT2D eigenvalue weighted by atomic mass is 10.3. The summed E-state index contributed by atoms with van der Waals surface area (Å²) in [5.74, 6) is -0.541. The number of carbonyl (C=O) groups excluding carboxylic acids is 1. The average Bonchev–Trinajstić information content (AvgIpc) is 2.30. The van der Waals surface area contributed by atoms with Gasteiger partial charge in [-0.1, -0.05) is 12.2 Å². The summed E-state index contributed by atoms with van der Waals surface area (Å²) in [5, 5.41) is 0. The Morgan fingerprint density at radius 1 is 1.17 bits per heavy atom. The van der Waals surface area contributed by atoms with Crippen molar-refractivity contribution in [2.24, 2.45) is 0 Å². The predicted molar refractivity (Wildman–Crippen MR) is 70.7 cm³/mol. The third-order valence-corrected chi connectivity index (χ3v) is 4.57. The molecular formula is C12H23O5P. The Morgan fingerprint density at radius 2 is 1.72 bits per heavy atom. The lowest BCUT2D eigenvalue weighted by Crippen LogP contribution is -2.25. The molecule has 0 heterocycles. The molecule has 0 fully saturated rings. The van der Waals surface area contributed by atoms with Gasteiger partial charge in [0.25, 0.3) is 0 Å². The van der Waals surface area contributed by atoms with Crippen molar-refractivity contribution in [1.82, 2.24) is 0 Å². The molecule has 0 saturated carbocycles. The van der Waals surface area contributed by atoms with Gasteiger partial charge >= 0.3 is 13.6 Å². The molecule has 0 aliphatic rings. The molecule has 0 aromatic rings. The molecule has 1 unspecified atom stereocenters. The van der Waals surface area contributed by atoms with Gasteiger partial charge < -0.3 is 13.8 Å². The molecule has 0 aliphatic heterocycles. The van der Waals surface area contributed by atoms with Crippen LogP contribution in [0.2, 0.25) is 0 Å². The third kappa shape index (κ3) is 5.34. The van der Waals surface area contributed by atoms with Crippen molar-refractivity contribution in [2.75, 3.05) is 19.8 Å². The van der Waals surface area contributed by atoms with E-state index < -0.39 is 19.2 Å². The molecule has 106 valence electrons. The summed E-state index contributed by atoms with van der Waals surface area (Å²) in [6.45, 7) is 7.65. The van der Waals surface area contributed by atoms with Crippen LogP contribution in [0.4, 0.5) is 0 Å². The van der Waals surface area contributed by atoms with Crippen molar-refractivity contribution in [3.8, 4) is 0 Å². The molecule has 1 atom stereocenters. The van der Waals surface area contributed by atoms with E-state index in [9.17, 15) is 9.36 Å². The lowest BCUT2D eigenvalue weighted by Gasteiger charge is -2.23. The number of ether oxygens (including phenoxy) is 1. The molecule has 0 aliphatic carbocycles. The van der Waals surface area contributed by atoms with Crippen LogP contribution >= 0.6 is 7.60 Å². The normalized spacial score (nSPS) is 13.8. The minimum Gasteiger partial charge on any atom is -0.465 e. The topological polar surface area (TPSA) is 61.8 Å². The van der Waals surface area contributed by atoms with Gasteiger partial charge in [-0.05, 0) is 34.1 Å². The fourth-order valence-electron chi connectivity index (χ4n) is 1.43. The molecule has 6 heteroatoms. The van der Waals surface area contributed by atoms with Crippen LogP contribution in [0, 0.1) is 0 Å². The van der Waals surface area contributed by atoms with E-state index in [0.717, 1.165) is 0 Å². The van der Waals surface area contributed by atoms with Crippen molar-refractivity contribution in [3.05, 3.63) is 12.2 Å². The zero-order valence-electron chi connectivity index (χ0n) is 11.5. The van der Waals surface area contributed by atoms with Crippen molar-refractivity contribution in [1.29, 1.82) is 0 Å². The zero-order valence-corrected chi connectivity index (χ0v) is 12.4. The Balaban J connectivity index is 5.08. The molecule has 0 bridgehead atoms. The second-order valence-electron chi connectivity index (χ2n) is 3.45. The standard InChI is InChI=1S/C12H23O5P/c1-5-9-10-11(12(13)15-6-2)18(14,16-7-3)17-8-4/h5,9,11H,6-8,10H2,1-4H3/b9-5+. The number of hydrogen-bond donors (Lipinski definition) is 0. The highest BCUT2D eigenvalue weighted by Gasteiger charge is 2.41. The molecule has 0 N–H and O–H groups in total. The van der Waals surface area contributed by atoms with Crippen LogP contribution in [-0.2, 0) is 23.1 Å². The minimum atomic E-state index is -3.47. The summed E-state index contributed by atoms with van der Waals surface area (Å²) in [6, 6.07) is 0. The Morgan fingerprint density at radius 3 is 2.11 bits per heavy atom. The Bertz CT molecular complexity index is 304. The van der Waals surface area contributed by atoms with E-state index in [1.54, 1.807) is 32.9 Å². The Kier molecular flexibility index (Phi) is 8.98. The number of allylic oxidation sites excluding steroid dienone is 2. The highest BCUT2D eigenvalue weighted by atomic mass is 31.2. The first-order chi connectivity index (χ1) is 8.55. The van der Waals surface area contributed by atoms with Crippen LogP contribution in [0.5, 0.6) is 0 Å². The quantitative estimate of drug-likeness (QED) is 0.368. The van der Waals surface area contributed by atoms with Crippen LogP contribution < -0.4 is 0 Å². The van der Waals surface area contributed by atoms with E-state index in [4.69, 9.17) is 13.8 Å². The fraction of sp³-hybridized carbons (Fsp3) is 0.750. The maximum Gasteiger partial charge on any atom is 0.345 e. The van der Waals surface area contributed by atoms with E-state index in [1.165, 1.54) is 0 Å². The van der Waals surface area contributed by atoms with Crippen molar-refractivity contribution in [2.45, 2.75) is 39.8 Å². The summed E-state index contributed by atoms with van der Waals surface area (Å²) < 4.78 is 27.9. The van der Waals surface area contributed by atoms with Gasteiger partial charge in [0, 0.05) is 0 Å². The Labute approximate surface area is 109 Å². The minimum absolute atomic E-state index is 0.225. The van der Waals surface area contributed by atoms with E-state index in [0.29, 0.717) is 0 Å². The smallest absolute Gasteiger partial charge is 0.345 e. The first-order valence-electron chi connectivity index (χ1n) is 6.22. The van der Waals surface area contributed by atoms with Crippen molar-refractivity contribution in [3.63, 3.8) is 0 Å². The summed E-state index contributed by atoms with van der Waals surface area (Å²) >= 11 is 0. The van der Waals surface area contributed by atoms with Crippen LogP contribution in [0.1, 0.15) is 34.1 Å². The fourth-order valence-corrected chi connectivity index (χ4v) is 3.30. The molecule has 18 heavy (non-hydrogen) atoms. The average molecular weight is 278 g/mol. The van der Waals surface area contributed by atoms with Crippen molar-refractivity contribution >= 4 is 13.6 Å². The van der Waals surface area contributed by atoms with Crippen LogP contribution in [0.15, 0.2) is 12.2 Å². The van der Waals surface area contributed by atoms with E-state index in [-0.39, 0.29) is 26.2 Å². The molecule has 5 nitrogen and oxygen atoms in total. The van der Waals surface area contributed by atoms with Gasteiger partial charge in [0.1, 0.15) is 0 Å². The van der Waals surface area contributed by atoms with Gasteiger partial charge in [0.2, 0.25) is 0 Å². The van der Waals surface area contributed by atoms with Crippen LogP contribution in [0.25, 0.3) is 0 Å². The highest BCUT2D eigenvalue weighted by Crippen LogP contribution is 2.54. The van der Waals surface area contributed by atoms with Gasteiger partial charge in [-0.3, -0.25) is 9.36 Å². The second-order valence-corrected chi connectivity index (χ2v) is 5.67. The SMILES string of the molecule is C/C=C/CC(C(=O)OCC)P(=O)(OCC)OCC.